The van der Waals surface area contributed by atoms with E-state index in [1.165, 1.54) is 13.1 Å². The van der Waals surface area contributed by atoms with Crippen molar-refractivity contribution in [1.82, 2.24) is 9.55 Å². The fourth-order valence-electron chi connectivity index (χ4n) is 2.09. The molecule has 0 bridgehead atoms. The van der Waals surface area contributed by atoms with Crippen LogP contribution in [0.25, 0.3) is 0 Å². The van der Waals surface area contributed by atoms with E-state index in [0.29, 0.717) is 0 Å². The minimum atomic E-state index is -1.59. The summed E-state index contributed by atoms with van der Waals surface area (Å²) >= 11 is 0. The van der Waals surface area contributed by atoms with Gasteiger partial charge >= 0.3 is 5.69 Å². The van der Waals surface area contributed by atoms with Crippen LogP contribution in [0.1, 0.15) is 11.8 Å². The fourth-order valence-corrected chi connectivity index (χ4v) is 2.09. The van der Waals surface area contributed by atoms with Gasteiger partial charge in [0.15, 0.2) is 6.23 Å². The van der Waals surface area contributed by atoms with Gasteiger partial charge in [-0.1, -0.05) is 0 Å². The van der Waals surface area contributed by atoms with Gasteiger partial charge in [0.1, 0.15) is 24.4 Å². The van der Waals surface area contributed by atoms with E-state index >= 15 is 0 Å². The lowest BCUT2D eigenvalue weighted by molar-refractivity contribution is -0.252. The normalized spacial score (nSPS) is 34.1. The van der Waals surface area contributed by atoms with Crippen molar-refractivity contribution >= 4 is 0 Å². The molecular weight excluding hydrogens is 272 g/mol. The molecule has 5 atom stereocenters. The number of aromatic amines is 1. The van der Waals surface area contributed by atoms with E-state index in [-0.39, 0.29) is 5.56 Å². The second-order valence-electron chi connectivity index (χ2n) is 4.70. The molecule has 1 aliphatic rings. The summed E-state index contributed by atoms with van der Waals surface area (Å²) < 4.78 is 6.13. The van der Waals surface area contributed by atoms with E-state index in [0.717, 1.165) is 4.57 Å². The van der Waals surface area contributed by atoms with E-state index in [1.54, 1.807) is 0 Å². The molecule has 1 aromatic rings. The number of aromatic nitrogens is 2. The lowest BCUT2D eigenvalue weighted by atomic mass is 9.98. The number of aliphatic hydroxyl groups excluding tert-OH is 4. The van der Waals surface area contributed by atoms with Crippen LogP contribution < -0.4 is 11.2 Å². The summed E-state index contributed by atoms with van der Waals surface area (Å²) in [6.45, 7) is 0.858. The zero-order chi connectivity index (χ0) is 15.0. The highest BCUT2D eigenvalue weighted by Gasteiger charge is 2.44. The molecule has 0 saturated carbocycles. The third-order valence-electron chi connectivity index (χ3n) is 3.29. The Morgan fingerprint density at radius 1 is 1.25 bits per heavy atom. The first-order valence-corrected chi connectivity index (χ1v) is 5.99. The highest BCUT2D eigenvalue weighted by atomic mass is 16.6. The predicted molar refractivity (Wildman–Crippen MR) is 65.1 cm³/mol. The van der Waals surface area contributed by atoms with Crippen LogP contribution in [0.15, 0.2) is 15.8 Å². The fraction of sp³-hybridized carbons (Fsp3) is 0.636. The van der Waals surface area contributed by atoms with Crippen LogP contribution in [-0.2, 0) is 4.74 Å². The van der Waals surface area contributed by atoms with E-state index in [1.807, 2.05) is 4.98 Å². The topological polar surface area (TPSA) is 145 Å². The summed E-state index contributed by atoms with van der Waals surface area (Å²) in [5.41, 5.74) is -1.19. The molecule has 1 fully saturated rings. The maximum absolute atomic E-state index is 11.7. The third kappa shape index (κ3) is 2.41. The average molecular weight is 288 g/mol. The van der Waals surface area contributed by atoms with Crippen LogP contribution in [-0.4, -0.2) is 61.0 Å². The molecule has 1 saturated heterocycles. The molecule has 9 heteroatoms. The number of nitrogens with zero attached hydrogens (tertiary/aromatic N) is 1. The monoisotopic (exact) mass is 288 g/mol. The molecule has 0 radical (unpaired) electrons. The van der Waals surface area contributed by atoms with Gasteiger partial charge in [-0.25, -0.2) is 4.79 Å². The van der Waals surface area contributed by atoms with Crippen LogP contribution in [0.3, 0.4) is 0 Å². The molecule has 1 aromatic heterocycles. The molecule has 0 spiro atoms. The molecule has 20 heavy (non-hydrogen) atoms. The third-order valence-corrected chi connectivity index (χ3v) is 3.29. The van der Waals surface area contributed by atoms with E-state index in [2.05, 4.69) is 0 Å². The number of ether oxygens (including phenoxy) is 1. The quantitative estimate of drug-likeness (QED) is 0.385. The van der Waals surface area contributed by atoms with Gasteiger partial charge in [0.2, 0.25) is 0 Å². The number of H-pyrrole nitrogens is 1. The van der Waals surface area contributed by atoms with Crippen LogP contribution in [0.4, 0.5) is 0 Å². The second-order valence-corrected chi connectivity index (χ2v) is 4.70. The van der Waals surface area contributed by atoms with Gasteiger partial charge in [0.05, 0.1) is 6.61 Å². The second kappa shape index (κ2) is 5.46. The standard InChI is InChI=1S/C11H16N2O7/c1-4-2-13(11(19)12-9(4)18)10-8(17)7(16)6(15)5(3-14)20-10/h2,5-8,10,14-17H,3H2,1H3,(H,12,18,19)/t5-,6+,7+,8+,10-/m0/s1. The molecule has 2 heterocycles. The maximum atomic E-state index is 11.7. The minimum Gasteiger partial charge on any atom is -0.394 e. The van der Waals surface area contributed by atoms with E-state index in [4.69, 9.17) is 9.84 Å². The molecule has 0 aliphatic carbocycles. The van der Waals surface area contributed by atoms with Crippen molar-refractivity contribution in [1.29, 1.82) is 0 Å². The molecule has 112 valence electrons. The maximum Gasteiger partial charge on any atom is 0.330 e. The summed E-state index contributed by atoms with van der Waals surface area (Å²) in [6.07, 6.45) is -5.97. The van der Waals surface area contributed by atoms with Crippen LogP contribution >= 0.6 is 0 Å². The number of hydrogen-bond donors (Lipinski definition) is 5. The van der Waals surface area contributed by atoms with Crippen molar-refractivity contribution in [3.63, 3.8) is 0 Å². The first-order valence-electron chi connectivity index (χ1n) is 5.99. The number of rotatable bonds is 2. The Morgan fingerprint density at radius 3 is 2.50 bits per heavy atom. The van der Waals surface area contributed by atoms with E-state index < -0.39 is 48.5 Å². The van der Waals surface area contributed by atoms with Crippen molar-refractivity contribution in [2.24, 2.45) is 0 Å². The Morgan fingerprint density at radius 2 is 1.90 bits per heavy atom. The first-order chi connectivity index (χ1) is 9.36. The van der Waals surface area contributed by atoms with Gasteiger partial charge in [0.25, 0.3) is 5.56 Å². The SMILES string of the molecule is Cc1cn([C@H]2O[C@@H](CO)[C@@H](O)[C@@H](O)[C@H]2O)c(=O)[nH]c1=O. The van der Waals surface area contributed by atoms with Crippen LogP contribution in [0.5, 0.6) is 0 Å². The Labute approximate surface area is 112 Å². The van der Waals surface area contributed by atoms with Crippen molar-refractivity contribution in [3.05, 3.63) is 32.6 Å². The number of hydrogen-bond acceptors (Lipinski definition) is 7. The highest BCUT2D eigenvalue weighted by Crippen LogP contribution is 2.27. The van der Waals surface area contributed by atoms with Crippen molar-refractivity contribution in [2.75, 3.05) is 6.61 Å². The van der Waals surface area contributed by atoms with E-state index in [9.17, 15) is 24.9 Å². The summed E-state index contributed by atoms with van der Waals surface area (Å²) in [4.78, 5) is 25.1. The van der Waals surface area contributed by atoms with Crippen molar-refractivity contribution in [2.45, 2.75) is 37.6 Å². The lowest BCUT2D eigenvalue weighted by Gasteiger charge is -2.40. The summed E-state index contributed by atoms with van der Waals surface area (Å²) in [5.74, 6) is 0. The van der Waals surface area contributed by atoms with Crippen LogP contribution in [0, 0.1) is 6.92 Å². The Kier molecular flexibility index (Phi) is 4.06. The highest BCUT2D eigenvalue weighted by molar-refractivity contribution is 5.03. The van der Waals surface area contributed by atoms with Gasteiger partial charge in [-0.05, 0) is 6.92 Å². The number of aliphatic hydroxyl groups is 4. The van der Waals surface area contributed by atoms with Gasteiger partial charge in [-0.3, -0.25) is 14.3 Å². The first kappa shape index (κ1) is 14.9. The minimum absolute atomic E-state index is 0.210. The average Bonchev–Trinajstić information content (AvgIpc) is 2.41. The molecule has 0 aromatic carbocycles. The molecular formula is C11H16N2O7. The summed E-state index contributed by atoms with van der Waals surface area (Å²) in [7, 11) is 0. The van der Waals surface area contributed by atoms with Crippen molar-refractivity contribution < 1.29 is 25.2 Å². The molecule has 0 amide bonds. The van der Waals surface area contributed by atoms with Crippen molar-refractivity contribution in [3.8, 4) is 0 Å². The smallest absolute Gasteiger partial charge is 0.330 e. The van der Waals surface area contributed by atoms with Gasteiger partial charge in [-0.2, -0.15) is 0 Å². The molecule has 9 nitrogen and oxygen atoms in total. The van der Waals surface area contributed by atoms with Crippen LogP contribution in [0.2, 0.25) is 0 Å². The summed E-state index contributed by atoms with van der Waals surface area (Å²) in [6, 6.07) is 0. The predicted octanol–water partition coefficient (Wildman–Crippen LogP) is -3.18. The molecule has 1 aliphatic heterocycles. The largest absolute Gasteiger partial charge is 0.394 e. The van der Waals surface area contributed by atoms with Gasteiger partial charge < -0.3 is 25.2 Å². The zero-order valence-electron chi connectivity index (χ0n) is 10.6. The molecule has 0 unspecified atom stereocenters. The zero-order valence-corrected chi connectivity index (χ0v) is 10.6. The van der Waals surface area contributed by atoms with Gasteiger partial charge in [-0.15, -0.1) is 0 Å². The van der Waals surface area contributed by atoms with Gasteiger partial charge in [0, 0.05) is 11.8 Å². The Balaban J connectivity index is 2.44. The number of nitrogens with one attached hydrogen (secondary N) is 1. The lowest BCUT2D eigenvalue weighted by Crippen LogP contribution is -2.58. The molecule has 5 N–H and O–H groups in total. The molecule has 2 rings (SSSR count). The number of aryl methyl sites for hydroxylation is 1. The Bertz CT molecular complexity index is 593. The Hall–Kier alpha value is -1.52. The summed E-state index contributed by atoms with van der Waals surface area (Å²) in [5, 5.41) is 38.3.